The normalized spacial score (nSPS) is 14.9. The summed E-state index contributed by atoms with van der Waals surface area (Å²) < 4.78 is 2.36. The van der Waals surface area contributed by atoms with Crippen LogP contribution in [-0.2, 0) is 0 Å². The van der Waals surface area contributed by atoms with Gasteiger partial charge < -0.3 is 9.88 Å². The average Bonchev–Trinajstić information content (AvgIpc) is 3.87. The fourth-order valence-corrected chi connectivity index (χ4v) is 8.35. The van der Waals surface area contributed by atoms with Gasteiger partial charge in [0, 0.05) is 45.2 Å². The van der Waals surface area contributed by atoms with Crippen molar-refractivity contribution in [2.24, 2.45) is 4.99 Å². The van der Waals surface area contributed by atoms with Gasteiger partial charge in [0.25, 0.3) is 0 Å². The standard InChI is InChI=1S/C52H37N5/c1-3-13-36(14-4-1)46-33-39(40-26-30-50-47(34-40)45-18-9-10-20-49(45)57(50)43-16-5-2-6-17-43)25-29-48(46)53-42-27-23-37(24-28-42)51-54-52-44(19-11-31-56(52)55-51)41-22-21-35-12-7-8-15-38(35)32-41/h1-34,51,53,55H. The number of nitrogens with zero attached hydrogens (tertiary/aromatic N) is 3. The van der Waals surface area contributed by atoms with Crippen molar-refractivity contribution in [3.05, 3.63) is 218 Å². The first kappa shape index (κ1) is 32.9. The largest absolute Gasteiger partial charge is 0.355 e. The van der Waals surface area contributed by atoms with Crippen LogP contribution in [0, 0.1) is 0 Å². The third-order valence-electron chi connectivity index (χ3n) is 11.2. The van der Waals surface area contributed by atoms with E-state index < -0.39 is 0 Å². The summed E-state index contributed by atoms with van der Waals surface area (Å²) >= 11 is 0. The lowest BCUT2D eigenvalue weighted by molar-refractivity contribution is 0.387. The van der Waals surface area contributed by atoms with Crippen LogP contribution in [0.25, 0.3) is 66.1 Å². The van der Waals surface area contributed by atoms with Crippen molar-refractivity contribution in [1.82, 2.24) is 15.0 Å². The summed E-state index contributed by atoms with van der Waals surface area (Å²) in [6.07, 6.45) is 6.06. The Morgan fingerprint density at radius 3 is 2.09 bits per heavy atom. The second-order valence-corrected chi connectivity index (χ2v) is 14.6. The summed E-state index contributed by atoms with van der Waals surface area (Å²) in [5.41, 5.74) is 17.2. The van der Waals surface area contributed by atoms with Gasteiger partial charge in [-0.2, -0.15) is 0 Å². The van der Waals surface area contributed by atoms with Crippen LogP contribution in [0.15, 0.2) is 211 Å². The quantitative estimate of drug-likeness (QED) is 0.172. The van der Waals surface area contributed by atoms with Crippen molar-refractivity contribution in [1.29, 1.82) is 0 Å². The zero-order valence-electron chi connectivity index (χ0n) is 31.0. The zero-order valence-corrected chi connectivity index (χ0v) is 31.0. The molecule has 8 aromatic carbocycles. The van der Waals surface area contributed by atoms with E-state index >= 15 is 0 Å². The Morgan fingerprint density at radius 2 is 1.23 bits per heavy atom. The number of allylic oxidation sites excluding steroid dienone is 2. The fraction of sp³-hybridized carbons (Fsp3) is 0.0192. The maximum atomic E-state index is 5.17. The molecule has 1 aromatic heterocycles. The Bertz CT molecular complexity index is 3070. The molecule has 1 atom stereocenters. The third kappa shape index (κ3) is 5.89. The van der Waals surface area contributed by atoms with Gasteiger partial charge in [-0.3, -0.25) is 5.01 Å². The molecule has 2 aliphatic rings. The molecule has 0 saturated carbocycles. The summed E-state index contributed by atoms with van der Waals surface area (Å²) in [7, 11) is 0. The van der Waals surface area contributed by atoms with Gasteiger partial charge >= 0.3 is 0 Å². The molecule has 270 valence electrons. The number of fused-ring (bicyclic) bond motifs is 5. The molecule has 0 fully saturated rings. The average molecular weight is 732 g/mol. The van der Waals surface area contributed by atoms with Crippen LogP contribution in [0.2, 0.25) is 0 Å². The van der Waals surface area contributed by atoms with Gasteiger partial charge in [0.1, 0.15) is 6.17 Å². The molecule has 5 nitrogen and oxygen atoms in total. The van der Waals surface area contributed by atoms with Gasteiger partial charge in [-0.05, 0) is 111 Å². The van der Waals surface area contributed by atoms with E-state index in [1.54, 1.807) is 0 Å². The van der Waals surface area contributed by atoms with Crippen LogP contribution in [0.5, 0.6) is 0 Å². The van der Waals surface area contributed by atoms with Crippen molar-refractivity contribution in [3.8, 4) is 27.9 Å². The van der Waals surface area contributed by atoms with E-state index in [1.807, 2.05) is 11.2 Å². The molecule has 0 aliphatic carbocycles. The van der Waals surface area contributed by atoms with Crippen LogP contribution in [-0.4, -0.2) is 15.4 Å². The van der Waals surface area contributed by atoms with E-state index in [1.165, 1.54) is 43.7 Å². The number of hydrogen-bond donors (Lipinski definition) is 2. The minimum absolute atomic E-state index is 0.195. The molecular weight excluding hydrogens is 695 g/mol. The predicted octanol–water partition coefficient (Wildman–Crippen LogP) is 12.8. The Morgan fingerprint density at radius 1 is 0.526 bits per heavy atom. The number of aromatic nitrogens is 1. The molecule has 3 heterocycles. The van der Waals surface area contributed by atoms with E-state index in [0.29, 0.717) is 0 Å². The van der Waals surface area contributed by atoms with Crippen molar-refractivity contribution >= 4 is 55.4 Å². The number of hydrazine groups is 1. The fourth-order valence-electron chi connectivity index (χ4n) is 8.35. The van der Waals surface area contributed by atoms with Crippen molar-refractivity contribution in [3.63, 3.8) is 0 Å². The molecule has 5 heteroatoms. The molecule has 2 N–H and O–H groups in total. The van der Waals surface area contributed by atoms with Crippen LogP contribution >= 0.6 is 0 Å². The Kier molecular flexibility index (Phi) is 7.90. The number of amidine groups is 1. The number of hydrogen-bond acceptors (Lipinski definition) is 4. The highest BCUT2D eigenvalue weighted by Crippen LogP contribution is 2.39. The molecule has 1 unspecified atom stereocenters. The monoisotopic (exact) mass is 731 g/mol. The third-order valence-corrected chi connectivity index (χ3v) is 11.2. The van der Waals surface area contributed by atoms with Crippen LogP contribution in [0.4, 0.5) is 11.4 Å². The highest BCUT2D eigenvalue weighted by atomic mass is 15.6. The maximum absolute atomic E-state index is 5.17. The molecule has 2 aliphatic heterocycles. The van der Waals surface area contributed by atoms with Crippen molar-refractivity contribution in [2.75, 3.05) is 5.32 Å². The predicted molar refractivity (Wildman–Crippen MR) is 238 cm³/mol. The van der Waals surface area contributed by atoms with E-state index in [-0.39, 0.29) is 6.17 Å². The molecule has 0 spiro atoms. The van der Waals surface area contributed by atoms with Gasteiger partial charge in [-0.15, -0.1) is 0 Å². The van der Waals surface area contributed by atoms with Crippen LogP contribution < -0.4 is 10.7 Å². The smallest absolute Gasteiger partial charge is 0.152 e. The molecular formula is C52H37N5. The molecule has 11 rings (SSSR count). The van der Waals surface area contributed by atoms with Gasteiger partial charge in [0.15, 0.2) is 5.84 Å². The summed E-state index contributed by atoms with van der Waals surface area (Å²) in [5, 5.41) is 10.7. The summed E-state index contributed by atoms with van der Waals surface area (Å²) in [4.78, 5) is 5.17. The van der Waals surface area contributed by atoms with E-state index in [0.717, 1.165) is 50.7 Å². The topological polar surface area (TPSA) is 44.6 Å². The maximum Gasteiger partial charge on any atom is 0.152 e. The number of aliphatic imine (C=N–C) groups is 1. The van der Waals surface area contributed by atoms with E-state index in [9.17, 15) is 0 Å². The van der Waals surface area contributed by atoms with Gasteiger partial charge in [0.2, 0.25) is 0 Å². The number of benzene rings is 8. The summed E-state index contributed by atoms with van der Waals surface area (Å²) in [5.74, 6) is 0.925. The first-order chi connectivity index (χ1) is 28.2. The minimum Gasteiger partial charge on any atom is -0.355 e. The first-order valence-electron chi connectivity index (χ1n) is 19.4. The van der Waals surface area contributed by atoms with Gasteiger partial charge in [0.05, 0.1) is 11.0 Å². The molecule has 0 radical (unpaired) electrons. The Balaban J connectivity index is 0.896. The van der Waals surface area contributed by atoms with Crippen molar-refractivity contribution in [2.45, 2.75) is 6.17 Å². The zero-order chi connectivity index (χ0) is 37.7. The number of nitrogens with one attached hydrogen (secondary N) is 2. The molecule has 9 aromatic rings. The van der Waals surface area contributed by atoms with Crippen molar-refractivity contribution < 1.29 is 0 Å². The summed E-state index contributed by atoms with van der Waals surface area (Å²) in [6.45, 7) is 0. The first-order valence-corrected chi connectivity index (χ1v) is 19.4. The Labute approximate surface area is 331 Å². The second kappa shape index (κ2) is 13.7. The molecule has 57 heavy (non-hydrogen) atoms. The highest BCUT2D eigenvalue weighted by Gasteiger charge is 2.29. The molecule has 0 amide bonds. The highest BCUT2D eigenvalue weighted by molar-refractivity contribution is 6.24. The lowest BCUT2D eigenvalue weighted by Gasteiger charge is -2.22. The number of para-hydroxylation sites is 2. The number of anilines is 2. The molecule has 0 saturated heterocycles. The Hall–Kier alpha value is -7.47. The SMILES string of the molecule is C1=CN2NC(c3ccc(Nc4ccc(-c5ccc6c(c5)c5ccccc5n6-c5ccccc5)cc4-c4ccccc4)cc3)N=C2C(c2ccc3ccccc3c2)=C1. The number of rotatable bonds is 7. The molecule has 0 bridgehead atoms. The minimum atomic E-state index is -0.195. The lowest BCUT2D eigenvalue weighted by atomic mass is 9.96. The van der Waals surface area contributed by atoms with E-state index in [2.05, 4.69) is 216 Å². The van der Waals surface area contributed by atoms with Gasteiger partial charge in [-0.1, -0.05) is 127 Å². The second-order valence-electron chi connectivity index (χ2n) is 14.6. The lowest BCUT2D eigenvalue weighted by Crippen LogP contribution is -2.34. The van der Waals surface area contributed by atoms with Gasteiger partial charge in [-0.25, -0.2) is 10.4 Å². The van der Waals surface area contributed by atoms with Crippen LogP contribution in [0.3, 0.4) is 0 Å². The van der Waals surface area contributed by atoms with E-state index in [4.69, 9.17) is 4.99 Å². The van der Waals surface area contributed by atoms with Crippen LogP contribution in [0.1, 0.15) is 17.3 Å². The summed E-state index contributed by atoms with van der Waals surface area (Å²) in [6, 6.07) is 67.2.